The summed E-state index contributed by atoms with van der Waals surface area (Å²) in [6, 6.07) is 10.5. The van der Waals surface area contributed by atoms with Gasteiger partial charge in [-0.25, -0.2) is 4.98 Å². The number of imidazole rings is 1. The van der Waals surface area contributed by atoms with Crippen LogP contribution in [0.2, 0.25) is 0 Å². The Labute approximate surface area is 199 Å². The van der Waals surface area contributed by atoms with Crippen LogP contribution in [-0.2, 0) is 37.8 Å². The zero-order chi connectivity index (χ0) is 23.9. The molecule has 1 saturated heterocycles. The molecule has 178 valence electrons. The number of rotatable bonds is 5. The Morgan fingerprint density at radius 1 is 1.21 bits per heavy atom. The molecule has 34 heavy (non-hydrogen) atoms. The highest BCUT2D eigenvalue weighted by Gasteiger charge is 2.25. The zero-order valence-corrected chi connectivity index (χ0v) is 19.5. The van der Waals surface area contributed by atoms with Gasteiger partial charge in [-0.05, 0) is 54.5 Å². The second-order valence-electron chi connectivity index (χ2n) is 8.98. The van der Waals surface area contributed by atoms with Crippen LogP contribution >= 0.6 is 0 Å². The first-order chi connectivity index (χ1) is 16.6. The Morgan fingerprint density at radius 2 is 2.00 bits per heavy atom. The van der Waals surface area contributed by atoms with E-state index in [9.17, 15) is 4.79 Å². The molecule has 5 rings (SSSR count). The molecule has 2 aliphatic rings. The number of aromatic nitrogens is 3. The Bertz CT molecular complexity index is 1130. The van der Waals surface area contributed by atoms with Gasteiger partial charge in [0.15, 0.2) is 0 Å². The minimum Gasteiger partial charge on any atom is -0.483 e. The molecule has 2 aromatic heterocycles. The lowest BCUT2D eigenvalue weighted by atomic mass is 9.97. The molecule has 1 unspecified atom stereocenters. The molecule has 8 heteroatoms. The predicted octanol–water partition coefficient (Wildman–Crippen LogP) is 2.78. The van der Waals surface area contributed by atoms with Gasteiger partial charge in [-0.1, -0.05) is 24.3 Å². The summed E-state index contributed by atoms with van der Waals surface area (Å²) >= 11 is 0. The van der Waals surface area contributed by atoms with Crippen LogP contribution in [-0.4, -0.2) is 61.5 Å². The molecule has 0 aliphatic carbocycles. The van der Waals surface area contributed by atoms with Crippen molar-refractivity contribution in [3.63, 3.8) is 0 Å². The number of hydrogen-bond acceptors (Lipinski definition) is 5. The predicted molar refractivity (Wildman–Crippen MR) is 128 cm³/mol. The maximum atomic E-state index is 13.1. The maximum Gasteiger partial charge on any atom is 0.290 e. The monoisotopic (exact) mass is 461 g/mol. The third-order valence-corrected chi connectivity index (χ3v) is 6.64. The molecule has 1 atom stereocenters. The van der Waals surface area contributed by atoms with Crippen LogP contribution in [0.15, 0.2) is 55.1 Å². The fourth-order valence-electron chi connectivity index (χ4n) is 4.87. The number of amides is 1. The van der Waals surface area contributed by atoms with Crippen molar-refractivity contribution < 1.29 is 14.7 Å². The smallest absolute Gasteiger partial charge is 0.290 e. The molecule has 1 amide bonds. The van der Waals surface area contributed by atoms with E-state index in [-0.39, 0.29) is 12.4 Å². The Hall–Kier alpha value is -3.52. The molecule has 1 N–H and O–H groups in total. The van der Waals surface area contributed by atoms with E-state index in [1.54, 1.807) is 6.20 Å². The summed E-state index contributed by atoms with van der Waals surface area (Å²) in [5.74, 6) is 1.79. The van der Waals surface area contributed by atoms with Crippen molar-refractivity contribution >= 4 is 12.4 Å². The Balaban J connectivity index is 0.000000868. The van der Waals surface area contributed by atoms with E-state index < -0.39 is 0 Å². The van der Waals surface area contributed by atoms with Crippen LogP contribution in [0, 0.1) is 5.92 Å². The van der Waals surface area contributed by atoms with Crippen molar-refractivity contribution in [3.8, 4) is 0 Å². The first-order valence-electron chi connectivity index (χ1n) is 11.6. The second-order valence-corrected chi connectivity index (χ2v) is 8.98. The molecule has 1 aromatic carbocycles. The van der Waals surface area contributed by atoms with E-state index in [4.69, 9.17) is 9.90 Å². The van der Waals surface area contributed by atoms with Gasteiger partial charge in [-0.15, -0.1) is 0 Å². The molecule has 8 nitrogen and oxygen atoms in total. The van der Waals surface area contributed by atoms with E-state index in [1.807, 2.05) is 36.6 Å². The highest BCUT2D eigenvalue weighted by Crippen LogP contribution is 2.24. The van der Waals surface area contributed by atoms with Crippen molar-refractivity contribution in [2.24, 2.45) is 13.0 Å². The number of likely N-dealkylation sites (tertiary alicyclic amines) is 1. The average Bonchev–Trinajstić information content (AvgIpc) is 3.47. The number of hydrogen-bond donors (Lipinski definition) is 1. The fraction of sp³-hybridized carbons (Fsp3) is 0.385. The quantitative estimate of drug-likeness (QED) is 0.588. The third kappa shape index (κ3) is 5.69. The van der Waals surface area contributed by atoms with Crippen LogP contribution in [0.5, 0.6) is 0 Å². The number of benzene rings is 1. The largest absolute Gasteiger partial charge is 0.483 e. The highest BCUT2D eigenvalue weighted by molar-refractivity contribution is 5.94. The van der Waals surface area contributed by atoms with Gasteiger partial charge < -0.3 is 14.6 Å². The number of carbonyl (C=O) groups is 2. The molecule has 0 radical (unpaired) electrons. The van der Waals surface area contributed by atoms with Crippen LogP contribution in [0.3, 0.4) is 0 Å². The van der Waals surface area contributed by atoms with E-state index in [0.29, 0.717) is 18.0 Å². The lowest BCUT2D eigenvalue weighted by molar-refractivity contribution is -0.122. The zero-order valence-electron chi connectivity index (χ0n) is 19.5. The van der Waals surface area contributed by atoms with Crippen LogP contribution < -0.4 is 0 Å². The second kappa shape index (κ2) is 11.1. The van der Waals surface area contributed by atoms with Crippen molar-refractivity contribution in [1.82, 2.24) is 24.3 Å². The molecular formula is C26H31N5O3. The van der Waals surface area contributed by atoms with Crippen LogP contribution in [0.4, 0.5) is 0 Å². The number of fused-ring (bicyclic) bond motifs is 1. The first kappa shape index (κ1) is 23.6. The summed E-state index contributed by atoms with van der Waals surface area (Å²) in [7, 11) is 2.05. The van der Waals surface area contributed by atoms with Crippen LogP contribution in [0.1, 0.15) is 39.3 Å². The van der Waals surface area contributed by atoms with Gasteiger partial charge >= 0.3 is 0 Å². The van der Waals surface area contributed by atoms with Gasteiger partial charge in [0, 0.05) is 51.5 Å². The highest BCUT2D eigenvalue weighted by atomic mass is 16.3. The molecule has 0 spiro atoms. The first-order valence-corrected chi connectivity index (χ1v) is 11.6. The summed E-state index contributed by atoms with van der Waals surface area (Å²) in [6.07, 6.45) is 10.6. The lowest BCUT2D eigenvalue weighted by Gasteiger charge is -2.29. The van der Waals surface area contributed by atoms with Crippen molar-refractivity contribution in [2.45, 2.75) is 32.4 Å². The molecule has 3 aromatic rings. The average molecular weight is 462 g/mol. The maximum absolute atomic E-state index is 13.1. The summed E-state index contributed by atoms with van der Waals surface area (Å²) in [6.45, 7) is 4.26. The molecular weight excluding hydrogens is 430 g/mol. The van der Waals surface area contributed by atoms with Gasteiger partial charge in [-0.2, -0.15) is 0 Å². The molecule has 1 fully saturated rings. The number of carbonyl (C=O) groups excluding carboxylic acids is 1. The minimum atomic E-state index is -0.250. The van der Waals surface area contributed by atoms with E-state index in [2.05, 4.69) is 43.7 Å². The number of aryl methyl sites for hydroxylation is 1. The van der Waals surface area contributed by atoms with Crippen molar-refractivity contribution in [2.75, 3.05) is 19.6 Å². The van der Waals surface area contributed by atoms with E-state index in [1.165, 1.54) is 17.5 Å². The SMILES string of the molecule is Cn1ccnc1CN1CCC(Cc2cncc(C(=O)N3CCc4ccccc4C3)c2)C1.O=CO. The Kier molecular flexibility index (Phi) is 7.69. The normalized spacial score (nSPS) is 17.6. The number of nitrogens with zero attached hydrogens (tertiary/aromatic N) is 5. The van der Waals surface area contributed by atoms with Gasteiger partial charge in [-0.3, -0.25) is 19.5 Å². The lowest BCUT2D eigenvalue weighted by Crippen LogP contribution is -2.36. The van der Waals surface area contributed by atoms with E-state index >= 15 is 0 Å². The fourth-order valence-corrected chi connectivity index (χ4v) is 4.87. The van der Waals surface area contributed by atoms with Gasteiger partial charge in [0.2, 0.25) is 0 Å². The topological polar surface area (TPSA) is 91.6 Å². The summed E-state index contributed by atoms with van der Waals surface area (Å²) in [5, 5.41) is 6.89. The van der Waals surface area contributed by atoms with E-state index in [0.717, 1.165) is 50.4 Å². The summed E-state index contributed by atoms with van der Waals surface area (Å²) < 4.78 is 2.09. The van der Waals surface area contributed by atoms with Crippen molar-refractivity contribution in [1.29, 1.82) is 0 Å². The summed E-state index contributed by atoms with van der Waals surface area (Å²) in [4.78, 5) is 34.8. The Morgan fingerprint density at radius 3 is 2.76 bits per heavy atom. The van der Waals surface area contributed by atoms with Gasteiger partial charge in [0.05, 0.1) is 12.1 Å². The standard InChI is InChI=1S/C25H29N5O.CH2O2/c1-28-11-8-27-24(28)18-29-9-6-19(16-29)12-20-13-23(15-26-14-20)25(31)30-10-7-21-4-2-3-5-22(21)17-30;2-1-3/h2-5,8,11,13-15,19H,6-7,9-10,12,16-18H2,1H3;1H,(H,2,3). The molecule has 4 heterocycles. The van der Waals surface area contributed by atoms with Crippen molar-refractivity contribution in [3.05, 3.63) is 83.2 Å². The number of pyridine rings is 1. The third-order valence-electron chi connectivity index (χ3n) is 6.64. The minimum absolute atomic E-state index is 0.0895. The molecule has 0 saturated carbocycles. The van der Waals surface area contributed by atoms with Crippen LogP contribution in [0.25, 0.3) is 0 Å². The number of carboxylic acid groups (broad SMARTS) is 1. The van der Waals surface area contributed by atoms with Gasteiger partial charge in [0.1, 0.15) is 5.82 Å². The van der Waals surface area contributed by atoms with Gasteiger partial charge in [0.25, 0.3) is 12.4 Å². The molecule has 0 bridgehead atoms. The molecule has 2 aliphatic heterocycles. The summed E-state index contributed by atoms with van der Waals surface area (Å²) in [5.41, 5.74) is 4.48.